The molecule has 7 heteroatoms. The quantitative estimate of drug-likeness (QED) is 0.879. The smallest absolute Gasteiger partial charge is 0.243 e. The van der Waals surface area contributed by atoms with Gasteiger partial charge >= 0.3 is 0 Å². The maximum absolute atomic E-state index is 12.0. The topological polar surface area (TPSA) is 91.9 Å². The minimum absolute atomic E-state index is 0.100. The molecule has 6 nitrogen and oxygen atoms in total. The van der Waals surface area contributed by atoms with Crippen molar-refractivity contribution in [2.45, 2.75) is 44.3 Å². The van der Waals surface area contributed by atoms with Gasteiger partial charge in [-0.15, -0.1) is 0 Å². The molecule has 1 fully saturated rings. The molecule has 1 aromatic heterocycles. The fourth-order valence-electron chi connectivity index (χ4n) is 2.15. The number of amides is 1. The lowest BCUT2D eigenvalue weighted by atomic mass is 10.1. The third-order valence-corrected chi connectivity index (χ3v) is 5.52. The molecular formula is C12H19N3O3S. The summed E-state index contributed by atoms with van der Waals surface area (Å²) in [5.41, 5.74) is 0.904. The Bertz CT molecular complexity index is 563. The summed E-state index contributed by atoms with van der Waals surface area (Å²) in [6, 6.07) is 1.73. The Balaban J connectivity index is 2.07. The number of H-pyrrole nitrogens is 1. The number of anilines is 1. The van der Waals surface area contributed by atoms with Gasteiger partial charge in [0.2, 0.25) is 5.91 Å². The second-order valence-corrected chi connectivity index (χ2v) is 7.51. The second kappa shape index (κ2) is 5.32. The molecule has 1 unspecified atom stereocenters. The van der Waals surface area contributed by atoms with E-state index in [1.54, 1.807) is 6.07 Å². The van der Waals surface area contributed by atoms with Crippen molar-refractivity contribution in [2.24, 2.45) is 0 Å². The molecule has 0 saturated carbocycles. The number of hydrogen-bond acceptors (Lipinski definition) is 4. The van der Waals surface area contributed by atoms with Crippen molar-refractivity contribution in [3.05, 3.63) is 11.8 Å². The van der Waals surface area contributed by atoms with E-state index in [-0.39, 0.29) is 11.7 Å². The van der Waals surface area contributed by atoms with E-state index in [9.17, 15) is 13.2 Å². The van der Waals surface area contributed by atoms with Crippen molar-refractivity contribution in [3.63, 3.8) is 0 Å². The summed E-state index contributed by atoms with van der Waals surface area (Å²) in [5.74, 6) is 0.288. The highest BCUT2D eigenvalue weighted by Gasteiger charge is 2.35. The highest BCUT2D eigenvalue weighted by Crippen LogP contribution is 2.21. The van der Waals surface area contributed by atoms with E-state index in [4.69, 9.17) is 0 Å². The van der Waals surface area contributed by atoms with Crippen LogP contribution in [0.25, 0.3) is 0 Å². The zero-order chi connectivity index (χ0) is 14.0. The molecule has 0 bridgehead atoms. The Morgan fingerprint density at radius 1 is 1.47 bits per heavy atom. The highest BCUT2D eigenvalue weighted by atomic mass is 32.2. The number of nitrogens with zero attached hydrogens (tertiary/aromatic N) is 1. The second-order valence-electron chi connectivity index (χ2n) is 5.20. The molecule has 1 aromatic rings. The molecule has 0 aliphatic carbocycles. The van der Waals surface area contributed by atoms with E-state index < -0.39 is 21.0 Å². The lowest BCUT2D eigenvalue weighted by molar-refractivity contribution is -0.116. The van der Waals surface area contributed by atoms with Gasteiger partial charge in [-0.2, -0.15) is 5.10 Å². The van der Waals surface area contributed by atoms with Crippen molar-refractivity contribution in [3.8, 4) is 0 Å². The number of hydrogen-bond donors (Lipinski definition) is 2. The molecule has 1 amide bonds. The molecule has 1 saturated heterocycles. The fourth-order valence-corrected chi connectivity index (χ4v) is 3.95. The fraction of sp³-hybridized carbons (Fsp3) is 0.667. The molecule has 2 N–H and O–H groups in total. The van der Waals surface area contributed by atoms with Crippen molar-refractivity contribution < 1.29 is 13.2 Å². The summed E-state index contributed by atoms with van der Waals surface area (Å²) in [6.07, 6.45) is 1.82. The number of carbonyl (C=O) groups is 1. The van der Waals surface area contributed by atoms with Gasteiger partial charge in [-0.05, 0) is 18.8 Å². The number of sulfone groups is 1. The first-order valence-electron chi connectivity index (χ1n) is 6.48. The monoisotopic (exact) mass is 285 g/mol. The van der Waals surface area contributed by atoms with Crippen LogP contribution >= 0.6 is 0 Å². The van der Waals surface area contributed by atoms with Crippen LogP contribution in [0.15, 0.2) is 6.07 Å². The first-order valence-corrected chi connectivity index (χ1v) is 8.19. The van der Waals surface area contributed by atoms with E-state index in [2.05, 4.69) is 15.5 Å². The molecule has 106 valence electrons. The van der Waals surface area contributed by atoms with Crippen LogP contribution in [-0.4, -0.2) is 35.5 Å². The van der Waals surface area contributed by atoms with E-state index >= 15 is 0 Å². The number of rotatable bonds is 3. The van der Waals surface area contributed by atoms with Crippen LogP contribution in [-0.2, 0) is 14.6 Å². The maximum atomic E-state index is 12.0. The van der Waals surface area contributed by atoms with Crippen molar-refractivity contribution >= 4 is 21.6 Å². The molecule has 0 aromatic carbocycles. The largest absolute Gasteiger partial charge is 0.308 e. The molecule has 2 rings (SSSR count). The Morgan fingerprint density at radius 3 is 2.79 bits per heavy atom. The van der Waals surface area contributed by atoms with Crippen LogP contribution < -0.4 is 5.32 Å². The highest BCUT2D eigenvalue weighted by molar-refractivity contribution is 7.92. The molecule has 1 aliphatic rings. The minimum atomic E-state index is -3.30. The van der Waals surface area contributed by atoms with Crippen LogP contribution in [0.3, 0.4) is 0 Å². The van der Waals surface area contributed by atoms with Crippen molar-refractivity contribution in [1.29, 1.82) is 0 Å². The summed E-state index contributed by atoms with van der Waals surface area (Å²) < 4.78 is 23.7. The third-order valence-electron chi connectivity index (χ3n) is 3.34. The lowest BCUT2D eigenvalue weighted by Gasteiger charge is -2.20. The van der Waals surface area contributed by atoms with Gasteiger partial charge in [0.05, 0.1) is 5.75 Å². The van der Waals surface area contributed by atoms with Crippen LogP contribution in [0.5, 0.6) is 0 Å². The van der Waals surface area contributed by atoms with Gasteiger partial charge in [0.1, 0.15) is 5.25 Å². The van der Waals surface area contributed by atoms with Gasteiger partial charge in [-0.25, -0.2) is 8.42 Å². The molecule has 2 heterocycles. The standard InChI is InChI=1S/C12H19N3O3S/c1-8(2)9-7-11(15-14-9)13-12(16)10-5-3-4-6-19(10,17)18/h7-8,10H,3-6H2,1-2H3,(H2,13,14,15,16). The number of aromatic amines is 1. The molecule has 19 heavy (non-hydrogen) atoms. The van der Waals surface area contributed by atoms with Crippen LogP contribution in [0.4, 0.5) is 5.82 Å². The number of aromatic nitrogens is 2. The molecule has 1 atom stereocenters. The van der Waals surface area contributed by atoms with Gasteiger partial charge in [-0.1, -0.05) is 20.3 Å². The van der Waals surface area contributed by atoms with E-state index in [1.165, 1.54) is 0 Å². The Morgan fingerprint density at radius 2 is 2.21 bits per heavy atom. The maximum Gasteiger partial charge on any atom is 0.243 e. The molecular weight excluding hydrogens is 266 g/mol. The predicted molar refractivity (Wildman–Crippen MR) is 72.7 cm³/mol. The summed E-state index contributed by atoms with van der Waals surface area (Å²) in [5, 5.41) is 8.44. The van der Waals surface area contributed by atoms with Gasteiger partial charge in [0.15, 0.2) is 15.7 Å². The van der Waals surface area contributed by atoms with Gasteiger partial charge in [-0.3, -0.25) is 9.89 Å². The molecule has 1 aliphatic heterocycles. The van der Waals surface area contributed by atoms with Crippen LogP contribution in [0.1, 0.15) is 44.7 Å². The summed E-state index contributed by atoms with van der Waals surface area (Å²) in [6.45, 7) is 4.01. The number of nitrogens with one attached hydrogen (secondary N) is 2. The predicted octanol–water partition coefficient (Wildman–Crippen LogP) is 1.44. The van der Waals surface area contributed by atoms with Gasteiger partial charge < -0.3 is 5.32 Å². The van der Waals surface area contributed by atoms with E-state index in [0.29, 0.717) is 18.7 Å². The van der Waals surface area contributed by atoms with Gasteiger partial charge in [0.25, 0.3) is 0 Å². The van der Waals surface area contributed by atoms with E-state index in [0.717, 1.165) is 12.1 Å². The van der Waals surface area contributed by atoms with Crippen molar-refractivity contribution in [1.82, 2.24) is 10.2 Å². The summed E-state index contributed by atoms with van der Waals surface area (Å²) >= 11 is 0. The minimum Gasteiger partial charge on any atom is -0.308 e. The zero-order valence-electron chi connectivity index (χ0n) is 11.1. The Hall–Kier alpha value is -1.37. The van der Waals surface area contributed by atoms with Crippen LogP contribution in [0.2, 0.25) is 0 Å². The van der Waals surface area contributed by atoms with Gasteiger partial charge in [0, 0.05) is 11.8 Å². The Kier molecular flexibility index (Phi) is 3.93. The molecule has 0 radical (unpaired) electrons. The third kappa shape index (κ3) is 3.15. The SMILES string of the molecule is CC(C)c1cc(NC(=O)C2CCCCS2(=O)=O)n[nH]1. The summed E-state index contributed by atoms with van der Waals surface area (Å²) in [7, 11) is -3.30. The van der Waals surface area contributed by atoms with Crippen LogP contribution in [0, 0.1) is 0 Å². The summed E-state index contributed by atoms with van der Waals surface area (Å²) in [4.78, 5) is 12.0. The first kappa shape index (κ1) is 14.0. The zero-order valence-corrected chi connectivity index (χ0v) is 12.0. The lowest BCUT2D eigenvalue weighted by Crippen LogP contribution is -2.39. The van der Waals surface area contributed by atoms with Crippen molar-refractivity contribution in [2.75, 3.05) is 11.1 Å². The number of carbonyl (C=O) groups excluding carboxylic acids is 1. The normalized spacial score (nSPS) is 22.4. The molecule has 0 spiro atoms. The first-order chi connectivity index (χ1) is 8.90. The average Bonchev–Trinajstić information content (AvgIpc) is 2.76. The van der Waals surface area contributed by atoms with E-state index in [1.807, 2.05) is 13.8 Å². The average molecular weight is 285 g/mol. The Labute approximate surface area is 112 Å².